The van der Waals surface area contributed by atoms with Gasteiger partial charge in [0.05, 0.1) is 22.0 Å². The van der Waals surface area contributed by atoms with E-state index >= 15 is 0 Å². The van der Waals surface area contributed by atoms with Crippen molar-refractivity contribution in [3.63, 3.8) is 0 Å². The summed E-state index contributed by atoms with van der Waals surface area (Å²) in [7, 11) is 0. The summed E-state index contributed by atoms with van der Waals surface area (Å²) >= 11 is 5.81. The van der Waals surface area contributed by atoms with Crippen molar-refractivity contribution in [3.8, 4) is 0 Å². The average molecular weight is 239 g/mol. The molecule has 2 aromatic rings. The fourth-order valence-electron chi connectivity index (χ4n) is 1.57. The summed E-state index contributed by atoms with van der Waals surface area (Å²) in [5.74, 6) is -1.21. The van der Waals surface area contributed by atoms with Gasteiger partial charge in [-0.15, -0.1) is 0 Å². The molecule has 0 spiro atoms. The zero-order valence-electron chi connectivity index (χ0n) is 8.70. The molecule has 84 valence electrons. The van der Waals surface area contributed by atoms with Crippen LogP contribution in [0.2, 0.25) is 5.02 Å². The largest absolute Gasteiger partial charge is 0.481 e. The van der Waals surface area contributed by atoms with E-state index < -0.39 is 11.9 Å². The molecule has 1 atom stereocenters. The topological polar surface area (TPSA) is 66.0 Å². The zero-order chi connectivity index (χ0) is 11.7. The number of rotatable bonds is 3. The minimum absolute atomic E-state index is 0.413. The number of hydrogen-bond acceptors (Lipinski definition) is 2. The SMILES string of the molecule is CC(Cc1cc2ncc(Cl)cc2[nH]1)C(=O)O. The third-order valence-corrected chi connectivity index (χ3v) is 2.65. The van der Waals surface area contributed by atoms with Gasteiger partial charge in [0, 0.05) is 18.3 Å². The van der Waals surface area contributed by atoms with Crippen LogP contribution in [0.4, 0.5) is 0 Å². The lowest BCUT2D eigenvalue weighted by Gasteiger charge is -2.02. The minimum atomic E-state index is -0.801. The summed E-state index contributed by atoms with van der Waals surface area (Å²) in [5.41, 5.74) is 2.50. The maximum Gasteiger partial charge on any atom is 0.306 e. The molecule has 0 saturated heterocycles. The van der Waals surface area contributed by atoms with Gasteiger partial charge >= 0.3 is 5.97 Å². The smallest absolute Gasteiger partial charge is 0.306 e. The van der Waals surface area contributed by atoms with Gasteiger partial charge in [-0.3, -0.25) is 9.78 Å². The molecule has 0 aromatic carbocycles. The number of hydrogen-bond donors (Lipinski definition) is 2. The highest BCUT2D eigenvalue weighted by Gasteiger charge is 2.13. The third-order valence-electron chi connectivity index (χ3n) is 2.44. The number of aromatic amines is 1. The number of aromatic nitrogens is 2. The van der Waals surface area contributed by atoms with Crippen LogP contribution in [0.25, 0.3) is 11.0 Å². The van der Waals surface area contributed by atoms with E-state index in [1.54, 1.807) is 19.2 Å². The molecule has 0 aliphatic carbocycles. The van der Waals surface area contributed by atoms with Crippen molar-refractivity contribution in [2.45, 2.75) is 13.3 Å². The number of halogens is 1. The first-order chi connectivity index (χ1) is 7.56. The second-order valence-electron chi connectivity index (χ2n) is 3.82. The van der Waals surface area contributed by atoms with E-state index in [2.05, 4.69) is 9.97 Å². The molecule has 0 saturated carbocycles. The van der Waals surface area contributed by atoms with Crippen LogP contribution in [0.1, 0.15) is 12.6 Å². The maximum atomic E-state index is 10.7. The molecular formula is C11H11ClN2O2. The molecule has 0 radical (unpaired) electrons. The highest BCUT2D eigenvalue weighted by molar-refractivity contribution is 6.31. The normalized spacial score (nSPS) is 12.9. The van der Waals surface area contributed by atoms with Crippen molar-refractivity contribution >= 4 is 28.6 Å². The Hall–Kier alpha value is -1.55. The Morgan fingerprint density at radius 3 is 3.06 bits per heavy atom. The average Bonchev–Trinajstić information content (AvgIpc) is 2.58. The summed E-state index contributed by atoms with van der Waals surface area (Å²) in [5, 5.41) is 9.37. The van der Waals surface area contributed by atoms with Crippen LogP contribution in [-0.2, 0) is 11.2 Å². The Morgan fingerprint density at radius 1 is 1.62 bits per heavy atom. The number of nitrogens with zero attached hydrogens (tertiary/aromatic N) is 1. The summed E-state index contributed by atoms with van der Waals surface area (Å²) in [6.45, 7) is 1.67. The van der Waals surface area contributed by atoms with E-state index in [0.717, 1.165) is 16.7 Å². The van der Waals surface area contributed by atoms with Gasteiger partial charge in [0.15, 0.2) is 0 Å². The first kappa shape index (κ1) is 11.0. The molecule has 0 fully saturated rings. The fourth-order valence-corrected chi connectivity index (χ4v) is 1.72. The molecule has 4 nitrogen and oxygen atoms in total. The highest BCUT2D eigenvalue weighted by atomic mass is 35.5. The third kappa shape index (κ3) is 2.17. The number of nitrogens with one attached hydrogen (secondary N) is 1. The lowest BCUT2D eigenvalue weighted by molar-refractivity contribution is -0.141. The number of H-pyrrole nitrogens is 1. The van der Waals surface area contributed by atoms with Crippen molar-refractivity contribution in [2.24, 2.45) is 5.92 Å². The van der Waals surface area contributed by atoms with Crippen LogP contribution < -0.4 is 0 Å². The van der Waals surface area contributed by atoms with Gasteiger partial charge in [-0.25, -0.2) is 0 Å². The number of pyridine rings is 1. The Morgan fingerprint density at radius 2 is 2.38 bits per heavy atom. The molecule has 0 aliphatic rings. The van der Waals surface area contributed by atoms with Crippen LogP contribution >= 0.6 is 11.6 Å². The summed E-state index contributed by atoms with van der Waals surface area (Å²) in [6.07, 6.45) is 2.03. The summed E-state index contributed by atoms with van der Waals surface area (Å²) in [6, 6.07) is 3.63. The molecule has 1 unspecified atom stereocenters. The van der Waals surface area contributed by atoms with Gasteiger partial charge in [0.1, 0.15) is 0 Å². The maximum absolute atomic E-state index is 10.7. The predicted octanol–water partition coefficient (Wildman–Crippen LogP) is 2.48. The quantitative estimate of drug-likeness (QED) is 0.863. The van der Waals surface area contributed by atoms with Crippen molar-refractivity contribution in [1.29, 1.82) is 0 Å². The summed E-state index contributed by atoms with van der Waals surface area (Å²) < 4.78 is 0. The molecule has 0 amide bonds. The van der Waals surface area contributed by atoms with Gasteiger partial charge in [0.2, 0.25) is 0 Å². The molecule has 5 heteroatoms. The first-order valence-electron chi connectivity index (χ1n) is 4.92. The predicted molar refractivity (Wildman–Crippen MR) is 61.6 cm³/mol. The van der Waals surface area contributed by atoms with Crippen LogP contribution in [0.15, 0.2) is 18.3 Å². The van der Waals surface area contributed by atoms with E-state index in [9.17, 15) is 4.79 Å². The van der Waals surface area contributed by atoms with Gasteiger partial charge in [-0.2, -0.15) is 0 Å². The molecule has 16 heavy (non-hydrogen) atoms. The number of carbonyl (C=O) groups is 1. The fraction of sp³-hybridized carbons (Fsp3) is 0.273. The summed E-state index contributed by atoms with van der Waals surface area (Å²) in [4.78, 5) is 18.0. The van der Waals surface area contributed by atoms with Crippen LogP contribution in [0.3, 0.4) is 0 Å². The number of aliphatic carboxylic acids is 1. The van der Waals surface area contributed by atoms with Gasteiger partial charge < -0.3 is 10.1 Å². The minimum Gasteiger partial charge on any atom is -0.481 e. The first-order valence-corrected chi connectivity index (χ1v) is 5.30. The molecule has 2 heterocycles. The van der Waals surface area contributed by atoms with Crippen LogP contribution in [0.5, 0.6) is 0 Å². The molecule has 0 bridgehead atoms. The molecule has 2 rings (SSSR count). The Bertz CT molecular complexity index is 536. The Labute approximate surface area is 97.3 Å². The van der Waals surface area contributed by atoms with Crippen LogP contribution in [0, 0.1) is 5.92 Å². The molecule has 2 aromatic heterocycles. The lowest BCUT2D eigenvalue weighted by atomic mass is 10.1. The highest BCUT2D eigenvalue weighted by Crippen LogP contribution is 2.18. The van der Waals surface area contributed by atoms with Crippen molar-refractivity contribution in [3.05, 3.63) is 29.0 Å². The van der Waals surface area contributed by atoms with E-state index in [-0.39, 0.29) is 0 Å². The number of carboxylic acid groups (broad SMARTS) is 1. The van der Waals surface area contributed by atoms with Gasteiger partial charge in [-0.05, 0) is 12.1 Å². The van der Waals surface area contributed by atoms with E-state index in [1.807, 2.05) is 6.07 Å². The monoisotopic (exact) mass is 238 g/mol. The number of carboxylic acids is 1. The van der Waals surface area contributed by atoms with Crippen molar-refractivity contribution in [2.75, 3.05) is 0 Å². The zero-order valence-corrected chi connectivity index (χ0v) is 9.45. The van der Waals surface area contributed by atoms with Crippen molar-refractivity contribution in [1.82, 2.24) is 9.97 Å². The van der Waals surface area contributed by atoms with Crippen LogP contribution in [-0.4, -0.2) is 21.0 Å². The van der Waals surface area contributed by atoms with E-state index in [1.165, 1.54) is 0 Å². The molecular weight excluding hydrogens is 228 g/mol. The Balaban J connectivity index is 2.29. The van der Waals surface area contributed by atoms with E-state index in [0.29, 0.717) is 11.4 Å². The Kier molecular flexibility index (Phi) is 2.83. The van der Waals surface area contributed by atoms with Gasteiger partial charge in [-0.1, -0.05) is 18.5 Å². The molecule has 0 aliphatic heterocycles. The standard InChI is InChI=1S/C11H11ClN2O2/c1-6(11(15)16)2-8-4-9-10(14-8)3-7(12)5-13-9/h3-6,14H,2H2,1H3,(H,15,16). The van der Waals surface area contributed by atoms with E-state index in [4.69, 9.17) is 16.7 Å². The van der Waals surface area contributed by atoms with Gasteiger partial charge in [0.25, 0.3) is 0 Å². The number of fused-ring (bicyclic) bond motifs is 1. The van der Waals surface area contributed by atoms with Crippen molar-refractivity contribution < 1.29 is 9.90 Å². The lowest BCUT2D eigenvalue weighted by Crippen LogP contribution is -2.12. The molecule has 2 N–H and O–H groups in total. The second-order valence-corrected chi connectivity index (χ2v) is 4.26. The second kappa shape index (κ2) is 4.14.